The molecular weight excluding hydrogens is 405 g/mol. The van der Waals surface area contributed by atoms with Crippen molar-refractivity contribution < 1.29 is 9.63 Å². The molecule has 0 aromatic heterocycles. The van der Waals surface area contributed by atoms with Crippen LogP contribution in [0.3, 0.4) is 0 Å². The first-order chi connectivity index (χ1) is 10.8. The number of oxime groups is 1. The second-order valence-corrected chi connectivity index (χ2v) is 6.85. The Balaban J connectivity index is 2.64. The smallest absolute Gasteiger partial charge is 0.265 e. The topological polar surface area (TPSA) is 74.5 Å². The Bertz CT molecular complexity index is 613. The normalized spacial score (nSPS) is 11.7. The van der Waals surface area contributed by atoms with E-state index in [0.717, 1.165) is 21.2 Å². The van der Waals surface area contributed by atoms with E-state index < -0.39 is 0 Å². The molecule has 5 nitrogen and oxygen atoms in total. The van der Waals surface area contributed by atoms with Gasteiger partial charge in [0, 0.05) is 15.5 Å². The van der Waals surface area contributed by atoms with E-state index in [4.69, 9.17) is 10.1 Å². The van der Waals surface area contributed by atoms with Crippen molar-refractivity contribution in [2.45, 2.75) is 34.1 Å². The highest BCUT2D eigenvalue weighted by Gasteiger charge is 2.24. The monoisotopic (exact) mass is 427 g/mol. The first kappa shape index (κ1) is 19.4. The quantitative estimate of drug-likeness (QED) is 0.310. The van der Waals surface area contributed by atoms with Gasteiger partial charge in [-0.2, -0.15) is 5.26 Å². The molecule has 0 unspecified atom stereocenters. The van der Waals surface area contributed by atoms with Crippen molar-refractivity contribution in [3.63, 3.8) is 0 Å². The lowest BCUT2D eigenvalue weighted by molar-refractivity contribution is -0.120. The standard InChI is InChI=1S/C17H22IN3O2/c1-12-7-13(2)9-14(8-12)20-16(22)10-23-21-15(5-6-19)17(3,4)11-18/h7-9H,5,10-11H2,1-4H3,(H,20,22)/b21-15+. The van der Waals surface area contributed by atoms with Gasteiger partial charge in [0.05, 0.1) is 18.2 Å². The summed E-state index contributed by atoms with van der Waals surface area (Å²) in [7, 11) is 0. The number of carbonyl (C=O) groups excluding carboxylic acids is 1. The van der Waals surface area contributed by atoms with Gasteiger partial charge in [0.25, 0.3) is 5.91 Å². The van der Waals surface area contributed by atoms with E-state index in [9.17, 15) is 4.79 Å². The van der Waals surface area contributed by atoms with Crippen molar-refractivity contribution in [2.75, 3.05) is 16.4 Å². The molecule has 0 aliphatic heterocycles. The van der Waals surface area contributed by atoms with Crippen LogP contribution in [0.15, 0.2) is 23.4 Å². The maximum Gasteiger partial charge on any atom is 0.265 e. The average molecular weight is 427 g/mol. The minimum atomic E-state index is -0.276. The molecule has 1 aromatic rings. The third-order valence-electron chi connectivity index (χ3n) is 3.24. The second kappa shape index (κ2) is 8.87. The SMILES string of the molecule is Cc1cc(C)cc(NC(=O)CO/N=C(\CC#N)C(C)(C)CI)c1. The Morgan fingerprint density at radius 2 is 1.96 bits per heavy atom. The predicted octanol–water partition coefficient (Wildman–Crippen LogP) is 3.99. The molecule has 0 saturated carbocycles. The number of alkyl halides is 1. The van der Waals surface area contributed by atoms with Gasteiger partial charge in [-0.05, 0) is 37.1 Å². The van der Waals surface area contributed by atoms with Gasteiger partial charge in [-0.25, -0.2) is 0 Å². The van der Waals surface area contributed by atoms with E-state index in [2.05, 4.69) is 39.1 Å². The van der Waals surface area contributed by atoms with Crippen molar-refractivity contribution in [1.29, 1.82) is 5.26 Å². The largest absolute Gasteiger partial charge is 0.386 e. The van der Waals surface area contributed by atoms with Crippen LogP contribution < -0.4 is 5.32 Å². The van der Waals surface area contributed by atoms with Crippen molar-refractivity contribution in [2.24, 2.45) is 10.6 Å². The summed E-state index contributed by atoms with van der Waals surface area (Å²) < 4.78 is 0.809. The zero-order valence-electron chi connectivity index (χ0n) is 13.9. The zero-order chi connectivity index (χ0) is 17.5. The van der Waals surface area contributed by atoms with E-state index in [0.29, 0.717) is 5.71 Å². The van der Waals surface area contributed by atoms with Crippen LogP contribution in [0.4, 0.5) is 5.69 Å². The lowest BCUT2D eigenvalue weighted by Gasteiger charge is -2.21. The Hall–Kier alpha value is -1.62. The summed E-state index contributed by atoms with van der Waals surface area (Å²) in [5, 5.41) is 15.7. The first-order valence-corrected chi connectivity index (χ1v) is 8.81. The Morgan fingerprint density at radius 1 is 1.35 bits per heavy atom. The van der Waals surface area contributed by atoms with Crippen molar-refractivity contribution in [1.82, 2.24) is 0 Å². The number of aryl methyl sites for hydroxylation is 2. The van der Waals surface area contributed by atoms with Gasteiger partial charge in [0.2, 0.25) is 0 Å². The molecule has 124 valence electrons. The van der Waals surface area contributed by atoms with Crippen molar-refractivity contribution in [3.05, 3.63) is 29.3 Å². The average Bonchev–Trinajstić information content (AvgIpc) is 2.45. The number of benzene rings is 1. The van der Waals surface area contributed by atoms with E-state index in [1.54, 1.807) is 0 Å². The Morgan fingerprint density at radius 3 is 2.48 bits per heavy atom. The molecular formula is C17H22IN3O2. The number of hydrogen-bond acceptors (Lipinski definition) is 4. The maximum atomic E-state index is 11.9. The molecule has 1 aromatic carbocycles. The summed E-state index contributed by atoms with van der Waals surface area (Å²) in [6.07, 6.45) is 0.189. The third-order valence-corrected chi connectivity index (χ3v) is 5.14. The van der Waals surface area contributed by atoms with Gasteiger partial charge in [-0.1, -0.05) is 47.7 Å². The Labute approximate surface area is 151 Å². The third kappa shape index (κ3) is 6.57. The summed E-state index contributed by atoms with van der Waals surface area (Å²) in [5.74, 6) is -0.276. The molecule has 0 fully saturated rings. The minimum absolute atomic E-state index is 0.181. The highest BCUT2D eigenvalue weighted by molar-refractivity contribution is 14.1. The number of anilines is 1. The van der Waals surface area contributed by atoms with Gasteiger partial charge in [0.1, 0.15) is 0 Å². The predicted molar refractivity (Wildman–Crippen MR) is 101 cm³/mol. The molecule has 6 heteroatoms. The fraction of sp³-hybridized carbons (Fsp3) is 0.471. The van der Waals surface area contributed by atoms with Crippen molar-refractivity contribution >= 4 is 39.9 Å². The summed E-state index contributed by atoms with van der Waals surface area (Å²) in [6, 6.07) is 7.92. The maximum absolute atomic E-state index is 11.9. The van der Waals surface area contributed by atoms with Crippen LogP contribution in [-0.4, -0.2) is 22.7 Å². The van der Waals surface area contributed by atoms with Crippen LogP contribution in [0.25, 0.3) is 0 Å². The molecule has 23 heavy (non-hydrogen) atoms. The summed E-state index contributed by atoms with van der Waals surface area (Å²) >= 11 is 2.25. The fourth-order valence-electron chi connectivity index (χ4n) is 1.96. The van der Waals surface area contributed by atoms with Gasteiger partial charge >= 0.3 is 0 Å². The lowest BCUT2D eigenvalue weighted by atomic mass is 9.88. The molecule has 0 bridgehead atoms. The molecule has 1 amide bonds. The summed E-state index contributed by atoms with van der Waals surface area (Å²) in [4.78, 5) is 17.1. The highest BCUT2D eigenvalue weighted by Crippen LogP contribution is 2.23. The number of hydrogen-bond donors (Lipinski definition) is 1. The van der Waals surface area contributed by atoms with Crippen LogP contribution in [-0.2, 0) is 9.63 Å². The van der Waals surface area contributed by atoms with Gasteiger partial charge in [-0.15, -0.1) is 0 Å². The molecule has 0 spiro atoms. The molecule has 0 saturated heterocycles. The van der Waals surface area contributed by atoms with E-state index in [1.807, 2.05) is 45.9 Å². The number of nitrogens with zero attached hydrogens (tertiary/aromatic N) is 2. The van der Waals surface area contributed by atoms with Crippen LogP contribution in [0.5, 0.6) is 0 Å². The molecule has 0 heterocycles. The molecule has 0 aliphatic carbocycles. The second-order valence-electron chi connectivity index (χ2n) is 6.09. The van der Waals surface area contributed by atoms with Crippen molar-refractivity contribution in [3.8, 4) is 6.07 Å². The number of rotatable bonds is 7. The number of amides is 1. The molecule has 1 N–H and O–H groups in total. The number of halogens is 1. The van der Waals surface area contributed by atoms with E-state index in [-0.39, 0.29) is 24.3 Å². The van der Waals surface area contributed by atoms with Crippen LogP contribution in [0, 0.1) is 30.6 Å². The van der Waals surface area contributed by atoms with Gasteiger partial charge in [0.15, 0.2) is 6.61 Å². The van der Waals surface area contributed by atoms with Crippen LogP contribution in [0.2, 0.25) is 0 Å². The number of carbonyl (C=O) groups is 1. The highest BCUT2D eigenvalue weighted by atomic mass is 127. The molecule has 1 rings (SSSR count). The lowest BCUT2D eigenvalue weighted by Crippen LogP contribution is -2.26. The summed E-state index contributed by atoms with van der Waals surface area (Å²) in [6.45, 7) is 7.76. The van der Waals surface area contributed by atoms with E-state index in [1.165, 1.54) is 0 Å². The van der Waals surface area contributed by atoms with Crippen LogP contribution >= 0.6 is 22.6 Å². The first-order valence-electron chi connectivity index (χ1n) is 7.29. The van der Waals surface area contributed by atoms with E-state index >= 15 is 0 Å². The van der Waals surface area contributed by atoms with Gasteiger partial charge in [-0.3, -0.25) is 4.79 Å². The fourth-order valence-corrected chi connectivity index (χ4v) is 2.40. The Kier molecular flexibility index (Phi) is 7.49. The minimum Gasteiger partial charge on any atom is -0.386 e. The molecule has 0 aliphatic rings. The van der Waals surface area contributed by atoms with Gasteiger partial charge < -0.3 is 10.2 Å². The number of nitrogens with one attached hydrogen (secondary N) is 1. The molecule has 0 atom stereocenters. The zero-order valence-corrected chi connectivity index (χ0v) is 16.1. The van der Waals surface area contributed by atoms with Crippen LogP contribution in [0.1, 0.15) is 31.4 Å². The summed E-state index contributed by atoms with van der Waals surface area (Å²) in [5.41, 5.74) is 3.32. The molecule has 0 radical (unpaired) electrons. The number of nitriles is 1.